The monoisotopic (exact) mass is 333 g/mol. The number of fused-ring (bicyclic) bond motifs is 1. The number of aromatic nitrogens is 1. The Hall–Kier alpha value is -2.59. The summed E-state index contributed by atoms with van der Waals surface area (Å²) in [5.41, 5.74) is 4.54. The third-order valence-electron chi connectivity index (χ3n) is 5.13. The molecule has 4 heteroatoms. The molecule has 0 saturated carbocycles. The number of benzene rings is 2. The molecule has 0 bridgehead atoms. The molecule has 128 valence electrons. The number of hydrogen-bond donors (Lipinski definition) is 2. The molecular formula is C21H25N4+. The van der Waals surface area contributed by atoms with Crippen molar-refractivity contribution in [1.29, 1.82) is 0 Å². The number of piperazine rings is 1. The van der Waals surface area contributed by atoms with E-state index >= 15 is 0 Å². The first-order valence-corrected chi connectivity index (χ1v) is 9.13. The number of hydrogen-bond acceptors (Lipinski definition) is 3. The summed E-state index contributed by atoms with van der Waals surface area (Å²) in [5.74, 6) is 0. The van der Waals surface area contributed by atoms with Crippen LogP contribution in [-0.2, 0) is 0 Å². The van der Waals surface area contributed by atoms with Crippen LogP contribution in [0.5, 0.6) is 0 Å². The van der Waals surface area contributed by atoms with Crippen molar-refractivity contribution in [3.05, 3.63) is 60.8 Å². The minimum Gasteiger partial charge on any atom is -0.360 e. The van der Waals surface area contributed by atoms with Crippen molar-refractivity contribution in [2.45, 2.75) is 6.92 Å². The van der Waals surface area contributed by atoms with Gasteiger partial charge in [-0.2, -0.15) is 0 Å². The summed E-state index contributed by atoms with van der Waals surface area (Å²) >= 11 is 0. The molecule has 1 aromatic heterocycles. The van der Waals surface area contributed by atoms with E-state index in [1.54, 1.807) is 4.90 Å². The van der Waals surface area contributed by atoms with Gasteiger partial charge in [0.05, 0.1) is 38.2 Å². The third-order valence-corrected chi connectivity index (χ3v) is 5.13. The van der Waals surface area contributed by atoms with Crippen LogP contribution in [0.1, 0.15) is 6.92 Å². The van der Waals surface area contributed by atoms with Gasteiger partial charge in [-0.05, 0) is 43.3 Å². The molecule has 2 N–H and O–H groups in total. The third kappa shape index (κ3) is 3.44. The Balaban J connectivity index is 1.49. The van der Waals surface area contributed by atoms with Crippen LogP contribution in [0.15, 0.2) is 60.8 Å². The first kappa shape index (κ1) is 15.9. The lowest BCUT2D eigenvalue weighted by Gasteiger charge is -2.33. The highest BCUT2D eigenvalue weighted by atomic mass is 15.3. The van der Waals surface area contributed by atoms with E-state index in [1.165, 1.54) is 25.3 Å². The molecule has 0 unspecified atom stereocenters. The second-order valence-electron chi connectivity index (χ2n) is 6.64. The van der Waals surface area contributed by atoms with Gasteiger partial charge in [-0.3, -0.25) is 4.98 Å². The summed E-state index contributed by atoms with van der Waals surface area (Å²) in [7, 11) is 0. The second-order valence-corrected chi connectivity index (χ2v) is 6.64. The zero-order valence-corrected chi connectivity index (χ0v) is 14.7. The summed E-state index contributed by atoms with van der Waals surface area (Å²) in [6.45, 7) is 8.26. The number of rotatable bonds is 4. The van der Waals surface area contributed by atoms with Gasteiger partial charge in [0.15, 0.2) is 0 Å². The van der Waals surface area contributed by atoms with E-state index in [0.29, 0.717) is 0 Å². The van der Waals surface area contributed by atoms with Crippen molar-refractivity contribution in [2.75, 3.05) is 42.9 Å². The van der Waals surface area contributed by atoms with Gasteiger partial charge in [0.2, 0.25) is 0 Å². The summed E-state index contributed by atoms with van der Waals surface area (Å²) < 4.78 is 0. The average Bonchev–Trinajstić information content (AvgIpc) is 2.69. The van der Waals surface area contributed by atoms with Gasteiger partial charge in [0.1, 0.15) is 0 Å². The standard InChI is InChI=1S/C21H24N4/c1-2-24-13-15-25(16-14-24)18-9-7-17(8-10-18)23-21-11-12-22-20-6-4-3-5-19(20)21/h3-12H,2,13-16H2,1H3,(H,22,23)/p+1. The number of nitrogens with zero attached hydrogens (tertiary/aromatic N) is 2. The fourth-order valence-corrected chi connectivity index (χ4v) is 3.55. The summed E-state index contributed by atoms with van der Waals surface area (Å²) in [4.78, 5) is 8.62. The number of pyridine rings is 1. The van der Waals surface area contributed by atoms with Crippen molar-refractivity contribution in [3.8, 4) is 0 Å². The number of nitrogens with one attached hydrogen (secondary N) is 2. The van der Waals surface area contributed by atoms with E-state index in [-0.39, 0.29) is 0 Å². The van der Waals surface area contributed by atoms with Gasteiger partial charge in [0.25, 0.3) is 0 Å². The Kier molecular flexibility index (Phi) is 4.53. The molecule has 1 fully saturated rings. The lowest BCUT2D eigenvalue weighted by molar-refractivity contribution is -0.898. The van der Waals surface area contributed by atoms with Crippen LogP contribution in [0.25, 0.3) is 10.9 Å². The van der Waals surface area contributed by atoms with Crippen molar-refractivity contribution < 1.29 is 4.90 Å². The normalized spacial score (nSPS) is 15.5. The number of para-hydroxylation sites is 1. The minimum atomic E-state index is 1.01. The van der Waals surface area contributed by atoms with E-state index in [1.807, 2.05) is 24.4 Å². The first-order valence-electron chi connectivity index (χ1n) is 9.13. The molecule has 0 aliphatic carbocycles. The molecule has 0 atom stereocenters. The molecule has 1 aliphatic heterocycles. The van der Waals surface area contributed by atoms with Crippen molar-refractivity contribution >= 4 is 28.0 Å². The molecule has 0 amide bonds. The van der Waals surface area contributed by atoms with Crippen LogP contribution in [0.4, 0.5) is 17.1 Å². The van der Waals surface area contributed by atoms with Gasteiger partial charge in [-0.25, -0.2) is 0 Å². The Morgan fingerprint density at radius 2 is 1.76 bits per heavy atom. The van der Waals surface area contributed by atoms with Crippen LogP contribution in [0, 0.1) is 0 Å². The molecule has 4 nitrogen and oxygen atoms in total. The molecule has 1 aliphatic rings. The van der Waals surface area contributed by atoms with Gasteiger partial charge in [0, 0.05) is 28.6 Å². The van der Waals surface area contributed by atoms with E-state index in [0.717, 1.165) is 35.4 Å². The van der Waals surface area contributed by atoms with Crippen LogP contribution in [-0.4, -0.2) is 37.7 Å². The maximum Gasteiger partial charge on any atom is 0.0949 e. The molecule has 3 aromatic rings. The molecule has 0 radical (unpaired) electrons. The molecule has 2 aromatic carbocycles. The number of anilines is 3. The Morgan fingerprint density at radius 3 is 2.52 bits per heavy atom. The highest BCUT2D eigenvalue weighted by Gasteiger charge is 2.18. The lowest BCUT2D eigenvalue weighted by Crippen LogP contribution is -3.14. The van der Waals surface area contributed by atoms with Gasteiger partial charge >= 0.3 is 0 Å². The SMILES string of the molecule is CC[NH+]1CCN(c2ccc(Nc3ccnc4ccccc34)cc2)CC1. The number of quaternary nitrogens is 1. The van der Waals surface area contributed by atoms with Crippen LogP contribution in [0.2, 0.25) is 0 Å². The molecule has 2 heterocycles. The lowest BCUT2D eigenvalue weighted by atomic mass is 10.1. The highest BCUT2D eigenvalue weighted by molar-refractivity contribution is 5.92. The van der Waals surface area contributed by atoms with E-state index in [9.17, 15) is 0 Å². The van der Waals surface area contributed by atoms with Crippen molar-refractivity contribution in [2.24, 2.45) is 0 Å². The molecule has 1 saturated heterocycles. The van der Waals surface area contributed by atoms with Gasteiger partial charge in [-0.15, -0.1) is 0 Å². The minimum absolute atomic E-state index is 1.01. The van der Waals surface area contributed by atoms with E-state index in [4.69, 9.17) is 0 Å². The fourth-order valence-electron chi connectivity index (χ4n) is 3.55. The van der Waals surface area contributed by atoms with E-state index in [2.05, 4.69) is 58.5 Å². The zero-order valence-electron chi connectivity index (χ0n) is 14.7. The van der Waals surface area contributed by atoms with Crippen LogP contribution >= 0.6 is 0 Å². The smallest absolute Gasteiger partial charge is 0.0949 e. The Labute approximate surface area is 149 Å². The second kappa shape index (κ2) is 7.11. The maximum absolute atomic E-state index is 4.42. The van der Waals surface area contributed by atoms with Crippen molar-refractivity contribution in [3.63, 3.8) is 0 Å². The Morgan fingerprint density at radius 1 is 1.00 bits per heavy atom. The Bertz CT molecular complexity index is 831. The molecule has 4 rings (SSSR count). The molecule has 0 spiro atoms. The topological polar surface area (TPSA) is 32.6 Å². The van der Waals surface area contributed by atoms with Gasteiger partial charge in [-0.1, -0.05) is 18.2 Å². The largest absolute Gasteiger partial charge is 0.360 e. The summed E-state index contributed by atoms with van der Waals surface area (Å²) in [6.07, 6.45) is 1.86. The summed E-state index contributed by atoms with van der Waals surface area (Å²) in [6, 6.07) is 19.0. The highest BCUT2D eigenvalue weighted by Crippen LogP contribution is 2.26. The predicted molar refractivity (Wildman–Crippen MR) is 105 cm³/mol. The van der Waals surface area contributed by atoms with Gasteiger partial charge < -0.3 is 15.1 Å². The molecule has 25 heavy (non-hydrogen) atoms. The first-order chi connectivity index (χ1) is 12.3. The average molecular weight is 333 g/mol. The van der Waals surface area contributed by atoms with E-state index < -0.39 is 0 Å². The molecular weight excluding hydrogens is 308 g/mol. The van der Waals surface area contributed by atoms with Crippen LogP contribution in [0.3, 0.4) is 0 Å². The van der Waals surface area contributed by atoms with Crippen LogP contribution < -0.4 is 15.1 Å². The summed E-state index contributed by atoms with van der Waals surface area (Å²) in [5, 5.41) is 4.68. The maximum atomic E-state index is 4.42. The predicted octanol–water partition coefficient (Wildman–Crippen LogP) is 2.70. The van der Waals surface area contributed by atoms with Crippen molar-refractivity contribution in [1.82, 2.24) is 4.98 Å². The quantitative estimate of drug-likeness (QED) is 0.770. The number of likely N-dealkylation sites (N-methyl/N-ethyl adjacent to an activating group) is 1. The fraction of sp³-hybridized carbons (Fsp3) is 0.286. The zero-order chi connectivity index (χ0) is 17.1.